The maximum absolute atomic E-state index is 13.3. The van der Waals surface area contributed by atoms with E-state index in [1.165, 1.54) is 36.4 Å². The third kappa shape index (κ3) is 13.3. The van der Waals surface area contributed by atoms with Crippen LogP contribution in [0.15, 0.2) is 48.8 Å². The van der Waals surface area contributed by atoms with E-state index in [-0.39, 0.29) is 81.1 Å². The van der Waals surface area contributed by atoms with E-state index >= 15 is 0 Å². The van der Waals surface area contributed by atoms with Crippen LogP contribution < -0.4 is 29.0 Å². The highest BCUT2D eigenvalue weighted by atomic mass is 35.5. The number of anilines is 1. The average Bonchev–Trinajstić information content (AvgIpc) is 4.02. The predicted octanol–water partition coefficient (Wildman–Crippen LogP) is 6.15. The van der Waals surface area contributed by atoms with E-state index in [9.17, 15) is 36.8 Å². The number of carbonyl (C=O) groups is 3. The predicted molar refractivity (Wildman–Crippen MR) is 200 cm³/mol. The van der Waals surface area contributed by atoms with Crippen molar-refractivity contribution in [1.82, 2.24) is 5.32 Å². The summed E-state index contributed by atoms with van der Waals surface area (Å²) in [4.78, 5) is 38.8. The van der Waals surface area contributed by atoms with Gasteiger partial charge in [0.05, 0.1) is 18.9 Å². The lowest BCUT2D eigenvalue weighted by Gasteiger charge is -2.21. The molecule has 0 saturated heterocycles. The van der Waals surface area contributed by atoms with Crippen LogP contribution in [-0.4, -0.2) is 64.0 Å². The Bertz CT molecular complexity index is 2020. The first-order valence-electron chi connectivity index (χ1n) is 17.6. The number of hydrogen-bond acceptors (Lipinski definition) is 11. The number of nitrogens with zero attached hydrogens (tertiary/aromatic N) is 1. The van der Waals surface area contributed by atoms with Crippen LogP contribution in [0.25, 0.3) is 0 Å². The van der Waals surface area contributed by atoms with Gasteiger partial charge in [0.25, 0.3) is 5.91 Å². The molecular formula is C37H41Cl2F2N3O11S. The summed E-state index contributed by atoms with van der Waals surface area (Å²) in [6, 6.07) is 7.92. The van der Waals surface area contributed by atoms with E-state index in [1.807, 2.05) is 0 Å². The molecule has 2 fully saturated rings. The number of pyridine rings is 1. The summed E-state index contributed by atoms with van der Waals surface area (Å²) in [5.41, 5.74) is -0.372. The molecule has 14 nitrogen and oxygen atoms in total. The van der Waals surface area contributed by atoms with Crippen LogP contribution in [0, 0.1) is 17.0 Å². The third-order valence-electron chi connectivity index (χ3n) is 8.25. The van der Waals surface area contributed by atoms with Gasteiger partial charge in [-0.2, -0.15) is 13.5 Å². The number of benzene rings is 2. The second-order valence-electron chi connectivity index (χ2n) is 14.4. The second-order valence-corrected chi connectivity index (χ2v) is 16.9. The molecule has 2 saturated carbocycles. The van der Waals surface area contributed by atoms with Crippen molar-refractivity contribution in [3.63, 3.8) is 0 Å². The Labute approximate surface area is 332 Å². The minimum Gasteiger partial charge on any atom is -0.619 e. The van der Waals surface area contributed by atoms with Gasteiger partial charge in [0, 0.05) is 17.5 Å². The number of alkyl halides is 2. The highest BCUT2D eigenvalue weighted by Gasteiger charge is 2.28. The topological polar surface area (TPSA) is 182 Å². The van der Waals surface area contributed by atoms with Gasteiger partial charge in [-0.15, -0.1) is 0 Å². The van der Waals surface area contributed by atoms with Gasteiger partial charge in [0.15, 0.2) is 29.6 Å². The number of amides is 1. The van der Waals surface area contributed by atoms with Crippen LogP contribution in [-0.2, 0) is 35.5 Å². The Morgan fingerprint density at radius 3 is 2.12 bits per heavy atom. The first kappa shape index (κ1) is 42.5. The number of rotatable bonds is 19. The van der Waals surface area contributed by atoms with Gasteiger partial charge in [-0.25, -0.2) is 8.42 Å². The zero-order chi connectivity index (χ0) is 40.8. The minimum atomic E-state index is -4.23. The molecule has 1 atom stereocenters. The molecule has 3 aromatic rings. The molecule has 2 aliphatic rings. The van der Waals surface area contributed by atoms with Crippen LogP contribution in [0.5, 0.6) is 17.2 Å². The van der Waals surface area contributed by atoms with Gasteiger partial charge in [-0.1, -0.05) is 29.3 Å². The highest BCUT2D eigenvalue weighted by molar-refractivity contribution is 7.93. The molecule has 19 heteroatoms. The number of aromatic nitrogens is 1. The number of ether oxygens (including phenoxy) is 5. The molecule has 0 spiro atoms. The fraction of sp³-hybridized carbons (Fsp3) is 0.459. The van der Waals surface area contributed by atoms with Crippen molar-refractivity contribution >= 4 is 56.8 Å². The lowest BCUT2D eigenvalue weighted by molar-refractivity contribution is -0.605. The van der Waals surface area contributed by atoms with Gasteiger partial charge in [-0.05, 0) is 94.2 Å². The van der Waals surface area contributed by atoms with E-state index in [4.69, 9.17) is 42.1 Å². The van der Waals surface area contributed by atoms with Crippen molar-refractivity contribution < 1.29 is 60.0 Å². The fourth-order valence-corrected chi connectivity index (χ4v) is 6.75. The van der Waals surface area contributed by atoms with Gasteiger partial charge in [-0.3, -0.25) is 19.1 Å². The molecule has 0 aliphatic heterocycles. The smallest absolute Gasteiger partial charge is 0.387 e. The zero-order valence-corrected chi connectivity index (χ0v) is 33.0. The fourth-order valence-electron chi connectivity index (χ4n) is 5.21. The summed E-state index contributed by atoms with van der Waals surface area (Å²) in [5, 5.41) is 14.3. The standard InChI is InChI=1S/C37H41Cl2F2N3O11S/c1-37(2,3)55-34(46)20-56(49,50)43-28-10-8-24(13-31(28)51-18-21-4-5-21)35(47)42-15-33(45)53-30(14-25-26(38)16-44(48)17-27(25)39)23-9-11-29(54-36(40)41)32(12-23)52-19-22-6-7-22/h8-13,16-17,21-22,30,36,43H,4-7,14-15,18-20H2,1-3H3,(H,42,47)/t30-/m0/s1. The van der Waals surface area contributed by atoms with Gasteiger partial charge < -0.3 is 34.2 Å². The summed E-state index contributed by atoms with van der Waals surface area (Å²) in [7, 11) is -4.23. The maximum atomic E-state index is 13.3. The first-order valence-corrected chi connectivity index (χ1v) is 20.0. The lowest BCUT2D eigenvalue weighted by atomic mass is 10.0. The molecule has 56 heavy (non-hydrogen) atoms. The molecule has 1 aromatic heterocycles. The number of halogens is 4. The molecule has 0 radical (unpaired) electrons. The molecule has 2 N–H and O–H groups in total. The molecule has 1 amide bonds. The van der Waals surface area contributed by atoms with E-state index < -0.39 is 58.5 Å². The van der Waals surface area contributed by atoms with Crippen molar-refractivity contribution in [1.29, 1.82) is 0 Å². The number of sulfonamides is 1. The van der Waals surface area contributed by atoms with Gasteiger partial charge >= 0.3 is 18.6 Å². The monoisotopic (exact) mass is 843 g/mol. The second kappa shape index (κ2) is 18.1. The summed E-state index contributed by atoms with van der Waals surface area (Å²) < 4.78 is 81.9. The minimum absolute atomic E-state index is 0.0103. The number of hydrogen-bond donors (Lipinski definition) is 2. The summed E-state index contributed by atoms with van der Waals surface area (Å²) in [6.45, 7) is 1.55. The zero-order valence-electron chi connectivity index (χ0n) is 30.7. The molecule has 5 rings (SSSR count). The van der Waals surface area contributed by atoms with Gasteiger partial charge in [0.1, 0.15) is 34.0 Å². The van der Waals surface area contributed by atoms with Crippen LogP contribution in [0.3, 0.4) is 0 Å². The van der Waals surface area contributed by atoms with Gasteiger partial charge in [0.2, 0.25) is 10.0 Å². The van der Waals surface area contributed by atoms with Crippen molar-refractivity contribution in [3.05, 3.63) is 80.7 Å². The molecular weight excluding hydrogens is 803 g/mol. The number of carbonyl (C=O) groups excluding carboxylic acids is 3. The Morgan fingerprint density at radius 2 is 1.54 bits per heavy atom. The van der Waals surface area contributed by atoms with Crippen LogP contribution in [0.4, 0.5) is 14.5 Å². The van der Waals surface area contributed by atoms with Crippen LogP contribution >= 0.6 is 23.2 Å². The molecule has 1 heterocycles. The van der Waals surface area contributed by atoms with Crippen molar-refractivity contribution in [2.24, 2.45) is 11.8 Å². The Hall–Kier alpha value is -4.61. The molecule has 0 bridgehead atoms. The normalized spacial score (nSPS) is 14.8. The summed E-state index contributed by atoms with van der Waals surface area (Å²) >= 11 is 12.7. The molecule has 2 aromatic carbocycles. The third-order valence-corrected chi connectivity index (χ3v) is 10.0. The van der Waals surface area contributed by atoms with E-state index in [2.05, 4.69) is 14.8 Å². The quantitative estimate of drug-likeness (QED) is 0.0803. The summed E-state index contributed by atoms with van der Waals surface area (Å²) in [6.07, 6.45) is 4.49. The Balaban J connectivity index is 1.32. The Morgan fingerprint density at radius 1 is 0.911 bits per heavy atom. The van der Waals surface area contributed by atoms with Crippen LogP contribution in [0.2, 0.25) is 10.0 Å². The molecule has 304 valence electrons. The molecule has 0 unspecified atom stereocenters. The van der Waals surface area contributed by atoms with Crippen molar-refractivity contribution in [3.8, 4) is 17.2 Å². The average molecular weight is 845 g/mol. The number of esters is 2. The summed E-state index contributed by atoms with van der Waals surface area (Å²) in [5.74, 6) is -3.27. The lowest BCUT2D eigenvalue weighted by Crippen LogP contribution is -2.32. The maximum Gasteiger partial charge on any atom is 0.387 e. The highest BCUT2D eigenvalue weighted by Crippen LogP contribution is 2.38. The van der Waals surface area contributed by atoms with E-state index in [1.54, 1.807) is 20.8 Å². The largest absolute Gasteiger partial charge is 0.619 e. The van der Waals surface area contributed by atoms with Crippen molar-refractivity contribution in [2.75, 3.05) is 30.2 Å². The van der Waals surface area contributed by atoms with Crippen LogP contribution in [0.1, 0.15) is 74.0 Å². The van der Waals surface area contributed by atoms with Crippen molar-refractivity contribution in [2.45, 2.75) is 71.2 Å². The first-order chi connectivity index (χ1) is 26.3. The van der Waals surface area contributed by atoms with E-state index in [0.29, 0.717) is 4.73 Å². The van der Waals surface area contributed by atoms with E-state index in [0.717, 1.165) is 38.1 Å². The number of nitrogens with one attached hydrogen (secondary N) is 2. The SMILES string of the molecule is CC(C)(C)OC(=O)CS(=O)(=O)Nc1ccc(C(=O)NCC(=O)O[C@@H](Cc2c(Cl)c[n+]([O-])cc2Cl)c2ccc(OC(F)F)c(OCC3CC3)c2)cc1OCC1CC1. The molecule has 2 aliphatic carbocycles. The Kier molecular flexibility index (Phi) is 13.8.